The maximum Gasteiger partial charge on any atom is 0.408 e. The highest BCUT2D eigenvalue weighted by Crippen LogP contribution is 2.07. The second kappa shape index (κ2) is 7.20. The van der Waals surface area contributed by atoms with Crippen molar-refractivity contribution in [1.82, 2.24) is 5.32 Å². The Hall–Kier alpha value is -1.30. The lowest BCUT2D eigenvalue weighted by Gasteiger charge is -2.22. The molecule has 0 aliphatic rings. The summed E-state index contributed by atoms with van der Waals surface area (Å²) in [6, 6.07) is -0.765. The van der Waals surface area contributed by atoms with E-state index in [-0.39, 0.29) is 6.10 Å². The Labute approximate surface area is 108 Å². The number of rotatable bonds is 5. The van der Waals surface area contributed by atoms with Gasteiger partial charge in [0.15, 0.2) is 0 Å². The minimum Gasteiger partial charge on any atom is -0.459 e. The van der Waals surface area contributed by atoms with Gasteiger partial charge in [0.25, 0.3) is 0 Å². The quantitative estimate of drug-likeness (QED) is 0.759. The minimum atomic E-state index is -0.765. The van der Waals surface area contributed by atoms with Gasteiger partial charge in [0.05, 0.1) is 6.61 Å². The summed E-state index contributed by atoms with van der Waals surface area (Å²) < 4.78 is 14.9. The molecule has 1 amide bonds. The molecule has 2 atom stereocenters. The van der Waals surface area contributed by atoms with E-state index in [1.807, 2.05) is 0 Å². The molecular formula is C12H23NO5. The number of amides is 1. The van der Waals surface area contributed by atoms with E-state index >= 15 is 0 Å². The standard InChI is InChI=1S/C12H23NO5/c1-8(7-16-6)17-10(14)9(2)13-11(15)18-12(3,4)5/h8-9H,7H2,1-6H3,(H,13,15)/t8-,9?/m1/s1. The summed E-state index contributed by atoms with van der Waals surface area (Å²) in [6.45, 7) is 8.79. The molecular weight excluding hydrogens is 238 g/mol. The summed E-state index contributed by atoms with van der Waals surface area (Å²) in [4.78, 5) is 23.0. The van der Waals surface area contributed by atoms with Crippen molar-refractivity contribution in [2.45, 2.75) is 52.4 Å². The van der Waals surface area contributed by atoms with Crippen LogP contribution in [0.4, 0.5) is 4.79 Å². The summed E-state index contributed by atoms with van der Waals surface area (Å²) in [5, 5.41) is 2.41. The smallest absolute Gasteiger partial charge is 0.408 e. The van der Waals surface area contributed by atoms with E-state index in [9.17, 15) is 9.59 Å². The van der Waals surface area contributed by atoms with Gasteiger partial charge in [0, 0.05) is 7.11 Å². The molecule has 0 saturated heterocycles. The topological polar surface area (TPSA) is 73.9 Å². The van der Waals surface area contributed by atoms with Crippen LogP contribution in [0.1, 0.15) is 34.6 Å². The van der Waals surface area contributed by atoms with E-state index in [0.29, 0.717) is 6.61 Å². The first-order chi connectivity index (χ1) is 8.15. The molecule has 0 rings (SSSR count). The molecule has 1 unspecified atom stereocenters. The molecule has 0 aliphatic carbocycles. The third-order valence-corrected chi connectivity index (χ3v) is 1.81. The molecule has 106 valence electrons. The zero-order valence-electron chi connectivity index (χ0n) is 11.9. The largest absolute Gasteiger partial charge is 0.459 e. The molecule has 18 heavy (non-hydrogen) atoms. The highest BCUT2D eigenvalue weighted by atomic mass is 16.6. The molecule has 0 aromatic heterocycles. The van der Waals surface area contributed by atoms with Crippen molar-refractivity contribution in [3.8, 4) is 0 Å². The number of alkyl carbamates (subject to hydrolysis) is 1. The zero-order valence-corrected chi connectivity index (χ0v) is 11.9. The number of nitrogens with one attached hydrogen (secondary N) is 1. The second-order valence-electron chi connectivity index (χ2n) is 5.07. The van der Waals surface area contributed by atoms with Gasteiger partial charge in [-0.05, 0) is 34.6 Å². The van der Waals surface area contributed by atoms with E-state index in [2.05, 4.69) is 5.32 Å². The van der Waals surface area contributed by atoms with E-state index in [1.54, 1.807) is 27.7 Å². The van der Waals surface area contributed by atoms with Crippen LogP contribution in [0.25, 0.3) is 0 Å². The Morgan fingerprint density at radius 3 is 2.22 bits per heavy atom. The highest BCUT2D eigenvalue weighted by Gasteiger charge is 2.22. The minimum absolute atomic E-state index is 0.310. The molecule has 0 heterocycles. The third-order valence-electron chi connectivity index (χ3n) is 1.81. The predicted octanol–water partition coefficient (Wildman–Crippen LogP) is 1.48. The SMILES string of the molecule is COC[C@@H](C)OC(=O)C(C)NC(=O)OC(C)(C)C. The van der Waals surface area contributed by atoms with E-state index in [0.717, 1.165) is 0 Å². The first-order valence-corrected chi connectivity index (χ1v) is 5.84. The molecule has 0 saturated carbocycles. The zero-order chi connectivity index (χ0) is 14.3. The monoisotopic (exact) mass is 261 g/mol. The molecule has 1 N–H and O–H groups in total. The molecule has 0 radical (unpaired) electrons. The maximum atomic E-state index is 11.6. The number of ether oxygens (including phenoxy) is 3. The fraction of sp³-hybridized carbons (Fsp3) is 0.833. The van der Waals surface area contributed by atoms with Crippen LogP contribution in [0.3, 0.4) is 0 Å². The summed E-state index contributed by atoms with van der Waals surface area (Å²) in [6.07, 6.45) is -1.00. The molecule has 0 fully saturated rings. The molecule has 0 spiro atoms. The van der Waals surface area contributed by atoms with E-state index in [1.165, 1.54) is 14.0 Å². The first-order valence-electron chi connectivity index (χ1n) is 5.84. The average Bonchev–Trinajstić information content (AvgIpc) is 2.14. The summed E-state index contributed by atoms with van der Waals surface area (Å²) >= 11 is 0. The van der Waals surface area contributed by atoms with Crippen LogP contribution in [0.15, 0.2) is 0 Å². The molecule has 0 bridgehead atoms. The van der Waals surface area contributed by atoms with Crippen LogP contribution < -0.4 is 5.32 Å². The van der Waals surface area contributed by atoms with E-state index in [4.69, 9.17) is 14.2 Å². The second-order valence-corrected chi connectivity index (χ2v) is 5.07. The van der Waals surface area contributed by atoms with Gasteiger partial charge in [0.1, 0.15) is 17.7 Å². The fourth-order valence-electron chi connectivity index (χ4n) is 1.11. The van der Waals surface area contributed by atoms with Crippen molar-refractivity contribution in [2.75, 3.05) is 13.7 Å². The third kappa shape index (κ3) is 7.89. The van der Waals surface area contributed by atoms with Crippen LogP contribution in [0.5, 0.6) is 0 Å². The number of methoxy groups -OCH3 is 1. The number of carbonyl (C=O) groups is 2. The van der Waals surface area contributed by atoms with Gasteiger partial charge in [-0.2, -0.15) is 0 Å². The van der Waals surface area contributed by atoms with Crippen LogP contribution in [-0.4, -0.2) is 43.5 Å². The summed E-state index contributed by atoms with van der Waals surface area (Å²) in [5.74, 6) is -0.523. The summed E-state index contributed by atoms with van der Waals surface area (Å²) in [5.41, 5.74) is -0.600. The van der Waals surface area contributed by atoms with Crippen LogP contribution in [0, 0.1) is 0 Å². The van der Waals surface area contributed by atoms with Gasteiger partial charge in [-0.3, -0.25) is 0 Å². The number of carbonyl (C=O) groups excluding carboxylic acids is 2. The first kappa shape index (κ1) is 16.7. The van der Waals surface area contributed by atoms with Crippen molar-refractivity contribution >= 4 is 12.1 Å². The van der Waals surface area contributed by atoms with Crippen molar-refractivity contribution in [1.29, 1.82) is 0 Å². The van der Waals surface area contributed by atoms with Gasteiger partial charge in [-0.25, -0.2) is 9.59 Å². The summed E-state index contributed by atoms with van der Waals surface area (Å²) in [7, 11) is 1.52. The van der Waals surface area contributed by atoms with Crippen LogP contribution in [-0.2, 0) is 19.0 Å². The van der Waals surface area contributed by atoms with Crippen LogP contribution in [0.2, 0.25) is 0 Å². The lowest BCUT2D eigenvalue weighted by atomic mass is 10.2. The Balaban J connectivity index is 4.12. The molecule has 0 aromatic carbocycles. The van der Waals surface area contributed by atoms with Crippen molar-refractivity contribution in [2.24, 2.45) is 0 Å². The fourth-order valence-corrected chi connectivity index (χ4v) is 1.11. The molecule has 0 aliphatic heterocycles. The maximum absolute atomic E-state index is 11.6. The molecule has 6 heteroatoms. The van der Waals surface area contributed by atoms with Gasteiger partial charge in [0.2, 0.25) is 0 Å². The van der Waals surface area contributed by atoms with Gasteiger partial charge in [-0.1, -0.05) is 0 Å². The normalized spacial score (nSPS) is 14.6. The Bertz CT molecular complexity index is 285. The number of esters is 1. The van der Waals surface area contributed by atoms with Crippen LogP contribution >= 0.6 is 0 Å². The van der Waals surface area contributed by atoms with E-state index < -0.39 is 23.7 Å². The van der Waals surface area contributed by atoms with Crippen molar-refractivity contribution in [3.63, 3.8) is 0 Å². The van der Waals surface area contributed by atoms with Gasteiger partial charge >= 0.3 is 12.1 Å². The lowest BCUT2D eigenvalue weighted by molar-refractivity contribution is -0.152. The molecule has 0 aromatic rings. The number of hydrogen-bond donors (Lipinski definition) is 1. The van der Waals surface area contributed by atoms with Crippen molar-refractivity contribution in [3.05, 3.63) is 0 Å². The van der Waals surface area contributed by atoms with Crippen molar-refractivity contribution < 1.29 is 23.8 Å². The highest BCUT2D eigenvalue weighted by molar-refractivity contribution is 5.81. The Kier molecular flexibility index (Phi) is 6.68. The lowest BCUT2D eigenvalue weighted by Crippen LogP contribution is -2.43. The Morgan fingerprint density at radius 2 is 1.78 bits per heavy atom. The number of hydrogen-bond acceptors (Lipinski definition) is 5. The van der Waals surface area contributed by atoms with Gasteiger partial charge in [-0.15, -0.1) is 0 Å². The average molecular weight is 261 g/mol. The Morgan fingerprint density at radius 1 is 1.22 bits per heavy atom. The molecule has 6 nitrogen and oxygen atoms in total. The predicted molar refractivity (Wildman–Crippen MR) is 66.3 cm³/mol. The van der Waals surface area contributed by atoms with Gasteiger partial charge < -0.3 is 19.5 Å².